The lowest BCUT2D eigenvalue weighted by atomic mass is 10.0. The van der Waals surface area contributed by atoms with Crippen LogP contribution in [0.2, 0.25) is 4.34 Å². The SMILES string of the molecule is CCCNC(c1ccc(Cl)s1)c1snnc1C(C)C. The van der Waals surface area contributed by atoms with Crippen LogP contribution in [0.4, 0.5) is 0 Å². The molecule has 0 aliphatic carbocycles. The van der Waals surface area contributed by atoms with Crippen molar-refractivity contribution in [3.63, 3.8) is 0 Å². The zero-order valence-electron chi connectivity index (χ0n) is 11.3. The molecule has 6 heteroatoms. The van der Waals surface area contributed by atoms with E-state index < -0.39 is 0 Å². The van der Waals surface area contributed by atoms with Gasteiger partial charge in [0.15, 0.2) is 0 Å². The predicted molar refractivity (Wildman–Crippen MR) is 83.5 cm³/mol. The van der Waals surface area contributed by atoms with Gasteiger partial charge in [-0.15, -0.1) is 16.4 Å². The van der Waals surface area contributed by atoms with Gasteiger partial charge >= 0.3 is 0 Å². The molecule has 0 fully saturated rings. The van der Waals surface area contributed by atoms with Gasteiger partial charge in [-0.05, 0) is 42.5 Å². The van der Waals surface area contributed by atoms with E-state index in [1.807, 2.05) is 6.07 Å². The van der Waals surface area contributed by atoms with Crippen LogP contribution in [-0.2, 0) is 0 Å². The number of nitrogens with zero attached hydrogens (tertiary/aromatic N) is 2. The third-order valence-corrected chi connectivity index (χ3v) is 4.93. The summed E-state index contributed by atoms with van der Waals surface area (Å²) in [6.45, 7) is 7.44. The Bertz CT molecular complexity index is 521. The van der Waals surface area contributed by atoms with Gasteiger partial charge in [0.25, 0.3) is 0 Å². The van der Waals surface area contributed by atoms with Crippen molar-refractivity contribution < 1.29 is 0 Å². The van der Waals surface area contributed by atoms with Crippen molar-refractivity contribution in [1.29, 1.82) is 0 Å². The molecule has 19 heavy (non-hydrogen) atoms. The smallest absolute Gasteiger partial charge is 0.0931 e. The number of rotatable bonds is 6. The van der Waals surface area contributed by atoms with Gasteiger partial charge in [-0.3, -0.25) is 0 Å². The van der Waals surface area contributed by atoms with Crippen molar-refractivity contribution in [2.24, 2.45) is 0 Å². The molecule has 1 atom stereocenters. The van der Waals surface area contributed by atoms with E-state index >= 15 is 0 Å². The van der Waals surface area contributed by atoms with Gasteiger partial charge < -0.3 is 5.32 Å². The average molecular weight is 316 g/mol. The molecule has 0 aliphatic heterocycles. The van der Waals surface area contributed by atoms with Gasteiger partial charge in [-0.1, -0.05) is 36.9 Å². The lowest BCUT2D eigenvalue weighted by Crippen LogP contribution is -2.22. The van der Waals surface area contributed by atoms with Crippen molar-refractivity contribution in [1.82, 2.24) is 14.9 Å². The van der Waals surface area contributed by atoms with Crippen LogP contribution in [0.25, 0.3) is 0 Å². The first-order chi connectivity index (χ1) is 9.13. The number of halogens is 1. The third-order valence-electron chi connectivity index (χ3n) is 2.83. The van der Waals surface area contributed by atoms with Crippen LogP contribution in [0.5, 0.6) is 0 Å². The van der Waals surface area contributed by atoms with Gasteiger partial charge in [0.05, 0.1) is 20.9 Å². The largest absolute Gasteiger partial charge is 0.305 e. The van der Waals surface area contributed by atoms with E-state index in [0.29, 0.717) is 5.92 Å². The zero-order valence-corrected chi connectivity index (χ0v) is 13.7. The number of nitrogens with one attached hydrogen (secondary N) is 1. The molecular formula is C13H18ClN3S2. The van der Waals surface area contributed by atoms with Crippen LogP contribution >= 0.6 is 34.5 Å². The molecule has 1 unspecified atom stereocenters. The van der Waals surface area contributed by atoms with Crippen LogP contribution in [-0.4, -0.2) is 16.1 Å². The standard InChI is InChI=1S/C13H18ClN3S2/c1-4-7-15-12(9-5-6-10(14)18-9)13-11(8(2)3)16-17-19-13/h5-6,8,12,15H,4,7H2,1-3H3. The van der Waals surface area contributed by atoms with Crippen molar-refractivity contribution in [3.05, 3.63) is 31.9 Å². The molecule has 0 aromatic carbocycles. The quantitative estimate of drug-likeness (QED) is 0.855. The van der Waals surface area contributed by atoms with Gasteiger partial charge in [-0.2, -0.15) is 0 Å². The lowest BCUT2D eigenvalue weighted by molar-refractivity contribution is 0.603. The van der Waals surface area contributed by atoms with Crippen LogP contribution < -0.4 is 5.32 Å². The maximum absolute atomic E-state index is 6.07. The molecule has 0 amide bonds. The Hall–Kier alpha value is -0.490. The summed E-state index contributed by atoms with van der Waals surface area (Å²) in [6, 6.07) is 4.20. The van der Waals surface area contributed by atoms with Gasteiger partial charge in [0.2, 0.25) is 0 Å². The number of aromatic nitrogens is 2. The maximum atomic E-state index is 6.07. The van der Waals surface area contributed by atoms with Crippen LogP contribution in [0.15, 0.2) is 12.1 Å². The van der Waals surface area contributed by atoms with Crippen LogP contribution in [0, 0.1) is 0 Å². The molecule has 0 saturated heterocycles. The number of thiophene rings is 1. The molecule has 1 N–H and O–H groups in total. The second kappa shape index (κ2) is 6.79. The molecule has 3 nitrogen and oxygen atoms in total. The molecule has 2 rings (SSSR count). The summed E-state index contributed by atoms with van der Waals surface area (Å²) in [4.78, 5) is 2.44. The fourth-order valence-electron chi connectivity index (χ4n) is 1.90. The third kappa shape index (κ3) is 3.54. The normalized spacial score (nSPS) is 13.1. The molecular weight excluding hydrogens is 298 g/mol. The van der Waals surface area contributed by atoms with Crippen molar-refractivity contribution in [2.45, 2.75) is 39.2 Å². The highest BCUT2D eigenvalue weighted by molar-refractivity contribution is 7.16. The Kier molecular flexibility index (Phi) is 5.33. The van der Waals surface area contributed by atoms with Gasteiger partial charge in [-0.25, -0.2) is 0 Å². The first kappa shape index (κ1) is 14.9. The van der Waals surface area contributed by atoms with E-state index in [1.54, 1.807) is 11.3 Å². The van der Waals surface area contributed by atoms with Crippen LogP contribution in [0.3, 0.4) is 0 Å². The second-order valence-corrected chi connectivity index (χ2v) is 7.24. The minimum atomic E-state index is 0.162. The first-order valence-corrected chi connectivity index (χ1v) is 8.41. The lowest BCUT2D eigenvalue weighted by Gasteiger charge is -2.17. The highest BCUT2D eigenvalue weighted by Crippen LogP contribution is 2.35. The molecule has 0 aliphatic rings. The summed E-state index contributed by atoms with van der Waals surface area (Å²) in [5, 5.41) is 7.86. The molecule has 2 heterocycles. The monoisotopic (exact) mass is 315 g/mol. The van der Waals surface area contributed by atoms with E-state index in [2.05, 4.69) is 41.7 Å². The maximum Gasteiger partial charge on any atom is 0.0931 e. The Morgan fingerprint density at radius 3 is 2.74 bits per heavy atom. The molecule has 0 spiro atoms. The molecule has 0 radical (unpaired) electrons. The zero-order chi connectivity index (χ0) is 13.8. The van der Waals surface area contributed by atoms with Crippen molar-refractivity contribution >= 4 is 34.5 Å². The highest BCUT2D eigenvalue weighted by Gasteiger charge is 2.23. The van der Waals surface area contributed by atoms with Crippen molar-refractivity contribution in [2.75, 3.05) is 6.54 Å². The van der Waals surface area contributed by atoms with Gasteiger partial charge in [0, 0.05) is 4.88 Å². The summed E-state index contributed by atoms with van der Waals surface area (Å²) >= 11 is 9.16. The Morgan fingerprint density at radius 1 is 1.37 bits per heavy atom. The Balaban J connectivity index is 2.34. The minimum absolute atomic E-state index is 0.162. The Labute approximate surface area is 127 Å². The van der Waals surface area contributed by atoms with Crippen LogP contribution in [0.1, 0.15) is 54.6 Å². The van der Waals surface area contributed by atoms with E-state index in [9.17, 15) is 0 Å². The molecule has 0 saturated carbocycles. The Morgan fingerprint density at radius 2 is 2.16 bits per heavy atom. The molecule has 104 valence electrons. The fraction of sp³-hybridized carbons (Fsp3) is 0.538. The fourth-order valence-corrected chi connectivity index (χ4v) is 4.02. The summed E-state index contributed by atoms with van der Waals surface area (Å²) in [6.07, 6.45) is 1.10. The van der Waals surface area contributed by atoms with E-state index in [0.717, 1.165) is 23.0 Å². The minimum Gasteiger partial charge on any atom is -0.305 e. The average Bonchev–Trinajstić information content (AvgIpc) is 2.99. The predicted octanol–water partition coefficient (Wildman–Crippen LogP) is 4.47. The number of hydrogen-bond donors (Lipinski definition) is 1. The van der Waals surface area contributed by atoms with Gasteiger partial charge in [0.1, 0.15) is 0 Å². The van der Waals surface area contributed by atoms with E-state index in [1.165, 1.54) is 21.3 Å². The van der Waals surface area contributed by atoms with E-state index in [-0.39, 0.29) is 6.04 Å². The number of hydrogen-bond acceptors (Lipinski definition) is 5. The summed E-state index contributed by atoms with van der Waals surface area (Å²) in [5.41, 5.74) is 1.09. The topological polar surface area (TPSA) is 37.8 Å². The van der Waals surface area contributed by atoms with Crippen molar-refractivity contribution in [3.8, 4) is 0 Å². The summed E-state index contributed by atoms with van der Waals surface area (Å²) in [7, 11) is 0. The molecule has 0 bridgehead atoms. The molecule has 2 aromatic rings. The summed E-state index contributed by atoms with van der Waals surface area (Å²) < 4.78 is 4.95. The first-order valence-electron chi connectivity index (χ1n) is 6.44. The second-order valence-electron chi connectivity index (χ2n) is 4.71. The highest BCUT2D eigenvalue weighted by atomic mass is 35.5. The summed E-state index contributed by atoms with van der Waals surface area (Å²) in [5.74, 6) is 0.384. The van der Waals surface area contributed by atoms with E-state index in [4.69, 9.17) is 11.6 Å². The molecule has 2 aromatic heterocycles.